The Morgan fingerprint density at radius 1 is 1.14 bits per heavy atom. The zero-order chi connectivity index (χ0) is 12.2. The summed E-state index contributed by atoms with van der Waals surface area (Å²) >= 11 is 0. The van der Waals surface area contributed by atoms with Crippen molar-refractivity contribution in [1.82, 2.24) is 0 Å². The van der Waals surface area contributed by atoms with Crippen LogP contribution in [-0.4, -0.2) is 25.9 Å². The van der Waals surface area contributed by atoms with Crippen LogP contribution in [-0.2, 0) is 4.57 Å². The summed E-state index contributed by atoms with van der Waals surface area (Å²) in [7, 11) is -4.64. The third-order valence-electron chi connectivity index (χ3n) is 1.97. The maximum atomic E-state index is 8.88. The van der Waals surface area contributed by atoms with Crippen molar-refractivity contribution in [2.24, 2.45) is 17.2 Å². The summed E-state index contributed by atoms with van der Waals surface area (Å²) in [5.74, 6) is 0. The largest absolute Gasteiger partial charge is 0.466 e. The Kier molecular flexibility index (Phi) is 6.07. The van der Waals surface area contributed by atoms with Crippen molar-refractivity contribution < 1.29 is 19.2 Å². The van der Waals surface area contributed by atoms with Gasteiger partial charge < -0.3 is 31.9 Å². The smallest absolute Gasteiger partial charge is 0.323 e. The van der Waals surface area contributed by atoms with Crippen LogP contribution < -0.4 is 17.2 Å². The molecule has 88 valence electrons. The highest BCUT2D eigenvalue weighted by molar-refractivity contribution is 7.45. The van der Waals surface area contributed by atoms with Gasteiger partial charge in [-0.05, 0) is 20.3 Å². The first-order valence-electron chi connectivity index (χ1n) is 3.96. The lowest BCUT2D eigenvalue weighted by atomic mass is 9.87. The molecule has 0 saturated heterocycles. The molecule has 0 aromatic carbocycles. The fourth-order valence-corrected chi connectivity index (χ4v) is 0.381. The predicted octanol–water partition coefficient (Wildman–Crippen LogP) is -1.18. The summed E-state index contributed by atoms with van der Waals surface area (Å²) in [5, 5.41) is 0. The highest BCUT2D eigenvalue weighted by Crippen LogP contribution is 2.25. The molecule has 0 spiro atoms. The van der Waals surface area contributed by atoms with Crippen molar-refractivity contribution in [1.29, 1.82) is 0 Å². The lowest BCUT2D eigenvalue weighted by molar-refractivity contribution is 0.260. The van der Waals surface area contributed by atoms with Crippen LogP contribution >= 0.6 is 7.82 Å². The molecule has 0 amide bonds. The fourth-order valence-electron chi connectivity index (χ4n) is 0.381. The first-order valence-corrected chi connectivity index (χ1v) is 5.52. The van der Waals surface area contributed by atoms with E-state index in [1.807, 2.05) is 13.8 Å². The Bertz CT molecular complexity index is 199. The molecule has 7 nitrogen and oxygen atoms in total. The first kappa shape index (κ1) is 16.4. The molecule has 14 heavy (non-hydrogen) atoms. The summed E-state index contributed by atoms with van der Waals surface area (Å²) in [6.45, 7) is 5.56. The molecule has 0 aliphatic rings. The molecule has 0 aliphatic carbocycles. The summed E-state index contributed by atoms with van der Waals surface area (Å²) in [4.78, 5) is 21.6. The van der Waals surface area contributed by atoms with Gasteiger partial charge in [0.05, 0.1) is 5.66 Å². The van der Waals surface area contributed by atoms with Gasteiger partial charge in [-0.2, -0.15) is 0 Å². The van der Waals surface area contributed by atoms with Crippen molar-refractivity contribution >= 4 is 7.82 Å². The second-order valence-corrected chi connectivity index (χ2v) is 4.59. The number of hydrogen-bond acceptors (Lipinski definition) is 4. The second-order valence-electron chi connectivity index (χ2n) is 3.57. The van der Waals surface area contributed by atoms with E-state index in [1.54, 1.807) is 6.92 Å². The molecule has 0 aromatic heterocycles. The molecule has 0 heterocycles. The van der Waals surface area contributed by atoms with E-state index in [0.717, 1.165) is 6.42 Å². The standard InChI is InChI=1S/C6H17N3.H3O4P/c1-4-5(2,7)6(3,8)9;1-5(2,3)4/h4,7-9H2,1-3H3;(H3,1,2,3,4). The van der Waals surface area contributed by atoms with E-state index in [2.05, 4.69) is 0 Å². The molecule has 0 bridgehead atoms. The van der Waals surface area contributed by atoms with Crippen LogP contribution in [0.5, 0.6) is 0 Å². The van der Waals surface area contributed by atoms with Gasteiger partial charge >= 0.3 is 7.82 Å². The molecule has 0 radical (unpaired) electrons. The van der Waals surface area contributed by atoms with Crippen LogP contribution in [0.2, 0.25) is 0 Å². The number of rotatable bonds is 2. The molecule has 1 unspecified atom stereocenters. The molecular weight excluding hydrogens is 209 g/mol. The molecule has 1 atom stereocenters. The Balaban J connectivity index is 0. The highest BCUT2D eigenvalue weighted by atomic mass is 31.2. The SMILES string of the molecule is CCC(C)(N)C(C)(N)N.O=P(O)(O)O. The summed E-state index contributed by atoms with van der Waals surface area (Å²) in [6, 6.07) is 0. The van der Waals surface area contributed by atoms with Crippen LogP contribution in [0, 0.1) is 0 Å². The van der Waals surface area contributed by atoms with Crippen molar-refractivity contribution in [2.45, 2.75) is 38.4 Å². The van der Waals surface area contributed by atoms with E-state index >= 15 is 0 Å². The number of nitrogens with two attached hydrogens (primary N) is 3. The second kappa shape index (κ2) is 5.18. The van der Waals surface area contributed by atoms with Gasteiger partial charge in [0, 0.05) is 5.54 Å². The molecule has 0 aromatic rings. The molecule has 8 heteroatoms. The third kappa shape index (κ3) is 10.1. The average molecular weight is 229 g/mol. The van der Waals surface area contributed by atoms with Crippen LogP contribution in [0.25, 0.3) is 0 Å². The topological polar surface area (TPSA) is 156 Å². The number of hydrogen-bond donors (Lipinski definition) is 6. The lowest BCUT2D eigenvalue weighted by Gasteiger charge is -2.36. The monoisotopic (exact) mass is 229 g/mol. The predicted molar refractivity (Wildman–Crippen MR) is 53.9 cm³/mol. The normalized spacial score (nSPS) is 16.6. The highest BCUT2D eigenvalue weighted by Gasteiger charge is 2.32. The minimum atomic E-state index is -4.64. The molecule has 0 fully saturated rings. The van der Waals surface area contributed by atoms with E-state index in [4.69, 9.17) is 36.4 Å². The average Bonchev–Trinajstić information content (AvgIpc) is 1.81. The van der Waals surface area contributed by atoms with Crippen molar-refractivity contribution in [3.05, 3.63) is 0 Å². The zero-order valence-corrected chi connectivity index (χ0v) is 9.53. The quantitative estimate of drug-likeness (QED) is 0.257. The van der Waals surface area contributed by atoms with Crippen LogP contribution in [0.1, 0.15) is 27.2 Å². The Hall–Kier alpha value is -0.0100. The van der Waals surface area contributed by atoms with E-state index in [1.165, 1.54) is 0 Å². The Morgan fingerprint density at radius 2 is 1.36 bits per heavy atom. The van der Waals surface area contributed by atoms with Crippen molar-refractivity contribution in [3.8, 4) is 0 Å². The van der Waals surface area contributed by atoms with E-state index < -0.39 is 19.0 Å². The van der Waals surface area contributed by atoms with Gasteiger partial charge in [0.1, 0.15) is 0 Å². The zero-order valence-electron chi connectivity index (χ0n) is 8.64. The van der Waals surface area contributed by atoms with Crippen LogP contribution in [0.4, 0.5) is 0 Å². The van der Waals surface area contributed by atoms with E-state index in [-0.39, 0.29) is 0 Å². The van der Waals surface area contributed by atoms with Crippen molar-refractivity contribution in [2.75, 3.05) is 0 Å². The van der Waals surface area contributed by atoms with Gasteiger partial charge in [-0.1, -0.05) is 6.92 Å². The van der Waals surface area contributed by atoms with Gasteiger partial charge in [-0.25, -0.2) is 4.57 Å². The van der Waals surface area contributed by atoms with E-state index in [0.29, 0.717) is 0 Å². The van der Waals surface area contributed by atoms with Gasteiger partial charge in [0.15, 0.2) is 0 Å². The molecule has 0 aliphatic heterocycles. The van der Waals surface area contributed by atoms with Crippen molar-refractivity contribution in [3.63, 3.8) is 0 Å². The minimum absolute atomic E-state index is 0.465. The molecule has 0 saturated carbocycles. The summed E-state index contributed by atoms with van der Waals surface area (Å²) < 4.78 is 8.88. The summed E-state index contributed by atoms with van der Waals surface area (Å²) in [5.41, 5.74) is 15.7. The number of phosphoric acid groups is 1. The van der Waals surface area contributed by atoms with Gasteiger partial charge in [-0.15, -0.1) is 0 Å². The van der Waals surface area contributed by atoms with Gasteiger partial charge in [0.25, 0.3) is 0 Å². The van der Waals surface area contributed by atoms with E-state index in [9.17, 15) is 0 Å². The third-order valence-corrected chi connectivity index (χ3v) is 1.97. The molecule has 0 rings (SSSR count). The molecule has 9 N–H and O–H groups in total. The lowest BCUT2D eigenvalue weighted by Crippen LogP contribution is -2.67. The fraction of sp³-hybridized carbons (Fsp3) is 1.00. The van der Waals surface area contributed by atoms with Gasteiger partial charge in [0.2, 0.25) is 0 Å². The maximum absolute atomic E-state index is 8.88. The Morgan fingerprint density at radius 3 is 1.36 bits per heavy atom. The first-order chi connectivity index (χ1) is 5.81. The molecular formula is C6H20N3O4P. The summed E-state index contributed by atoms with van der Waals surface area (Å²) in [6.07, 6.45) is 0.788. The minimum Gasteiger partial charge on any atom is -0.323 e. The van der Waals surface area contributed by atoms with Crippen LogP contribution in [0.15, 0.2) is 0 Å². The Labute approximate surface area is 83.5 Å². The van der Waals surface area contributed by atoms with Gasteiger partial charge in [-0.3, -0.25) is 0 Å². The maximum Gasteiger partial charge on any atom is 0.466 e. The van der Waals surface area contributed by atoms with Crippen LogP contribution in [0.3, 0.4) is 0 Å².